The number of benzene rings is 2. The molecule has 0 amide bonds. The number of rotatable bonds is 5. The molecule has 0 spiro atoms. The molecule has 0 aromatic heterocycles. The summed E-state index contributed by atoms with van der Waals surface area (Å²) >= 11 is 11.7. The quantitative estimate of drug-likeness (QED) is 0.468. The first-order valence-electron chi connectivity index (χ1n) is 7.71. The van der Waals surface area contributed by atoms with Gasteiger partial charge in [-0.05, 0) is 41.8 Å². The zero-order valence-corrected chi connectivity index (χ0v) is 15.4. The van der Waals surface area contributed by atoms with Crippen molar-refractivity contribution in [3.8, 4) is 0 Å². The lowest BCUT2D eigenvalue weighted by atomic mass is 9.97. The standard InChI is InChI=1S/C19H17Cl2F3N2/c1-12(25)26-11-14-4-2-13(3-5-14)6-7-18(19(22,23)24)15-8-16(20)10-17(21)9-15/h2-10,18H,11H2,1H3,(H2,25,26). The molecule has 26 heavy (non-hydrogen) atoms. The molecule has 7 heteroatoms. The Balaban J connectivity index is 2.24. The highest BCUT2D eigenvalue weighted by Gasteiger charge is 2.39. The first kappa shape index (κ1) is 20.3. The molecule has 0 aliphatic carbocycles. The predicted molar refractivity (Wildman–Crippen MR) is 102 cm³/mol. The zero-order chi connectivity index (χ0) is 19.3. The Kier molecular flexibility index (Phi) is 6.73. The summed E-state index contributed by atoms with van der Waals surface area (Å²) in [6.45, 7) is 2.12. The molecule has 0 saturated carbocycles. The van der Waals surface area contributed by atoms with Gasteiger partial charge in [0, 0.05) is 10.0 Å². The van der Waals surface area contributed by atoms with Crippen LogP contribution in [0.3, 0.4) is 0 Å². The molecule has 2 aromatic carbocycles. The van der Waals surface area contributed by atoms with Crippen LogP contribution in [-0.2, 0) is 6.54 Å². The van der Waals surface area contributed by atoms with E-state index in [1.807, 2.05) is 0 Å². The molecule has 0 aliphatic heterocycles. The third-order valence-corrected chi connectivity index (χ3v) is 4.00. The number of halogens is 5. The molecule has 0 bridgehead atoms. The molecule has 1 unspecified atom stereocenters. The van der Waals surface area contributed by atoms with Crippen molar-refractivity contribution >= 4 is 35.1 Å². The molecule has 0 heterocycles. The number of alkyl halides is 3. The summed E-state index contributed by atoms with van der Waals surface area (Å²) in [4.78, 5) is 4.09. The van der Waals surface area contributed by atoms with E-state index in [0.717, 1.165) is 11.6 Å². The lowest BCUT2D eigenvalue weighted by Crippen LogP contribution is -2.18. The van der Waals surface area contributed by atoms with Crippen LogP contribution in [0.5, 0.6) is 0 Å². The molecule has 2 N–H and O–H groups in total. The Morgan fingerprint density at radius 1 is 1.12 bits per heavy atom. The van der Waals surface area contributed by atoms with Crippen molar-refractivity contribution in [2.24, 2.45) is 10.7 Å². The molecule has 0 saturated heterocycles. The average Bonchev–Trinajstić information content (AvgIpc) is 2.52. The van der Waals surface area contributed by atoms with Crippen LogP contribution in [0.1, 0.15) is 29.5 Å². The lowest BCUT2D eigenvalue weighted by molar-refractivity contribution is -0.139. The summed E-state index contributed by atoms with van der Waals surface area (Å²) in [7, 11) is 0. The summed E-state index contributed by atoms with van der Waals surface area (Å²) in [5.41, 5.74) is 7.04. The topological polar surface area (TPSA) is 38.4 Å². The maximum Gasteiger partial charge on any atom is 0.399 e. The number of amidine groups is 1. The summed E-state index contributed by atoms with van der Waals surface area (Å²) in [5, 5.41) is 0.325. The number of aliphatic imine (C=N–C) groups is 1. The van der Waals surface area contributed by atoms with Crippen molar-refractivity contribution < 1.29 is 13.2 Å². The van der Waals surface area contributed by atoms with Crippen LogP contribution in [0, 0.1) is 0 Å². The van der Waals surface area contributed by atoms with Crippen LogP contribution < -0.4 is 5.73 Å². The molecule has 1 atom stereocenters. The zero-order valence-electron chi connectivity index (χ0n) is 13.9. The van der Waals surface area contributed by atoms with Crippen molar-refractivity contribution in [3.05, 3.63) is 75.3 Å². The fraction of sp³-hybridized carbons (Fsp3) is 0.211. The highest BCUT2D eigenvalue weighted by Crippen LogP contribution is 2.38. The van der Waals surface area contributed by atoms with Gasteiger partial charge in [0.2, 0.25) is 0 Å². The lowest BCUT2D eigenvalue weighted by Gasteiger charge is -2.18. The van der Waals surface area contributed by atoms with Crippen molar-refractivity contribution in [1.82, 2.24) is 0 Å². The molecule has 0 radical (unpaired) electrons. The van der Waals surface area contributed by atoms with Crippen molar-refractivity contribution in [2.45, 2.75) is 25.6 Å². The average molecular weight is 401 g/mol. The van der Waals surface area contributed by atoms with E-state index in [2.05, 4.69) is 4.99 Å². The van der Waals surface area contributed by atoms with Crippen LogP contribution >= 0.6 is 23.2 Å². The molecule has 2 nitrogen and oxygen atoms in total. The molecule has 2 aromatic rings. The van der Waals surface area contributed by atoms with Gasteiger partial charge in [0.15, 0.2) is 0 Å². The van der Waals surface area contributed by atoms with Crippen LogP contribution in [0.4, 0.5) is 13.2 Å². The van der Waals surface area contributed by atoms with E-state index in [1.54, 1.807) is 31.2 Å². The van der Waals surface area contributed by atoms with Gasteiger partial charge in [0.05, 0.1) is 18.3 Å². The Bertz CT molecular complexity index is 788. The molecule has 0 fully saturated rings. The first-order chi connectivity index (χ1) is 12.1. The van der Waals surface area contributed by atoms with E-state index in [1.165, 1.54) is 24.3 Å². The second-order valence-corrected chi connectivity index (χ2v) is 6.65. The molecular weight excluding hydrogens is 384 g/mol. The Hall–Kier alpha value is -1.98. The minimum absolute atomic E-state index is 0.00405. The molecule has 2 rings (SSSR count). The van der Waals surface area contributed by atoms with Gasteiger partial charge in [-0.1, -0.05) is 59.6 Å². The van der Waals surface area contributed by atoms with Crippen molar-refractivity contribution in [3.63, 3.8) is 0 Å². The monoisotopic (exact) mass is 400 g/mol. The normalized spacial score (nSPS) is 14.0. The maximum absolute atomic E-state index is 13.4. The Morgan fingerprint density at radius 2 is 1.69 bits per heavy atom. The Labute approximate surface area is 160 Å². The van der Waals surface area contributed by atoms with Gasteiger partial charge in [-0.25, -0.2) is 0 Å². The second-order valence-electron chi connectivity index (χ2n) is 5.78. The predicted octanol–water partition coefficient (Wildman–Crippen LogP) is 6.23. The largest absolute Gasteiger partial charge is 0.399 e. The van der Waals surface area contributed by atoms with Gasteiger partial charge < -0.3 is 5.73 Å². The molecule has 0 aliphatic rings. The van der Waals surface area contributed by atoms with E-state index in [9.17, 15) is 13.2 Å². The smallest absolute Gasteiger partial charge is 0.388 e. The maximum atomic E-state index is 13.4. The molecule has 138 valence electrons. The van der Waals surface area contributed by atoms with Gasteiger partial charge in [-0.3, -0.25) is 4.99 Å². The number of hydrogen-bond donors (Lipinski definition) is 1. The number of hydrogen-bond acceptors (Lipinski definition) is 1. The van der Waals surface area contributed by atoms with Crippen LogP contribution in [0.2, 0.25) is 10.0 Å². The first-order valence-corrected chi connectivity index (χ1v) is 8.47. The van der Waals surface area contributed by atoms with Crippen molar-refractivity contribution in [2.75, 3.05) is 0 Å². The highest BCUT2D eigenvalue weighted by atomic mass is 35.5. The van der Waals surface area contributed by atoms with Gasteiger partial charge >= 0.3 is 6.18 Å². The fourth-order valence-electron chi connectivity index (χ4n) is 2.32. The minimum atomic E-state index is -4.46. The SMILES string of the molecule is CC(N)=NCc1ccc(C=CC(c2cc(Cl)cc(Cl)c2)C(F)(F)F)cc1. The second kappa shape index (κ2) is 8.60. The number of nitrogens with two attached hydrogens (primary N) is 1. The van der Waals surface area contributed by atoms with Crippen LogP contribution in [-0.4, -0.2) is 12.0 Å². The summed E-state index contributed by atoms with van der Waals surface area (Å²) in [5.74, 6) is -1.33. The van der Waals surface area contributed by atoms with E-state index in [0.29, 0.717) is 17.9 Å². The van der Waals surface area contributed by atoms with Gasteiger partial charge in [0.25, 0.3) is 0 Å². The van der Waals surface area contributed by atoms with Crippen molar-refractivity contribution in [1.29, 1.82) is 0 Å². The minimum Gasteiger partial charge on any atom is -0.388 e. The summed E-state index contributed by atoms with van der Waals surface area (Å²) in [6.07, 6.45) is -1.94. The summed E-state index contributed by atoms with van der Waals surface area (Å²) < 4.78 is 40.3. The van der Waals surface area contributed by atoms with Crippen LogP contribution in [0.25, 0.3) is 6.08 Å². The fourth-order valence-corrected chi connectivity index (χ4v) is 2.86. The highest BCUT2D eigenvalue weighted by molar-refractivity contribution is 6.34. The molecular formula is C19H17Cl2F3N2. The van der Waals surface area contributed by atoms with Gasteiger partial charge in [-0.15, -0.1) is 0 Å². The Morgan fingerprint density at radius 3 is 2.19 bits per heavy atom. The van der Waals surface area contributed by atoms with Gasteiger partial charge in [-0.2, -0.15) is 13.2 Å². The van der Waals surface area contributed by atoms with E-state index in [-0.39, 0.29) is 15.6 Å². The van der Waals surface area contributed by atoms with Crippen LogP contribution in [0.15, 0.2) is 53.5 Å². The number of nitrogens with zero attached hydrogens (tertiary/aromatic N) is 1. The summed E-state index contributed by atoms with van der Waals surface area (Å²) in [6, 6.07) is 11.0. The third-order valence-electron chi connectivity index (χ3n) is 3.57. The van der Waals surface area contributed by atoms with E-state index in [4.69, 9.17) is 28.9 Å². The van der Waals surface area contributed by atoms with E-state index < -0.39 is 12.1 Å². The van der Waals surface area contributed by atoms with E-state index >= 15 is 0 Å². The third kappa shape index (κ3) is 6.07. The number of allylic oxidation sites excluding steroid dienone is 1. The van der Waals surface area contributed by atoms with Gasteiger partial charge in [0.1, 0.15) is 0 Å².